The largest absolute Gasteiger partial charge is 0.412 e. The molecule has 0 aromatic rings. The van der Waals surface area contributed by atoms with Gasteiger partial charge in [0, 0.05) is 0 Å². The normalized spacial score (nSPS) is 31.6. The monoisotopic (exact) mass is 372 g/mol. The average molecular weight is 373 g/mol. The van der Waals surface area contributed by atoms with Gasteiger partial charge in [0.05, 0.1) is 12.2 Å². The Morgan fingerprint density at radius 3 is 1.08 bits per heavy atom. The summed E-state index contributed by atoms with van der Waals surface area (Å²) in [5, 5.41) is 0. The SMILES string of the molecule is CCCC1C(CCC)C(O[Si](C)(C)C)C(O[Si](C)(C)C)C1CCC. The predicted octanol–water partition coefficient (Wildman–Crippen LogP) is 6.69. The Kier molecular flexibility index (Phi) is 8.71. The second-order valence-corrected chi connectivity index (χ2v) is 18.7. The molecule has 0 saturated heterocycles. The maximum absolute atomic E-state index is 6.81. The summed E-state index contributed by atoms with van der Waals surface area (Å²) in [4.78, 5) is 0. The minimum Gasteiger partial charge on any atom is -0.412 e. The zero-order valence-corrected chi connectivity index (χ0v) is 19.9. The van der Waals surface area contributed by atoms with Crippen molar-refractivity contribution in [1.82, 2.24) is 0 Å². The molecule has 4 atom stereocenters. The van der Waals surface area contributed by atoms with Crippen molar-refractivity contribution in [3.05, 3.63) is 0 Å². The van der Waals surface area contributed by atoms with Gasteiger partial charge in [-0.1, -0.05) is 40.0 Å². The van der Waals surface area contributed by atoms with E-state index in [2.05, 4.69) is 60.1 Å². The molecule has 2 nitrogen and oxygen atoms in total. The molecule has 4 unspecified atom stereocenters. The van der Waals surface area contributed by atoms with Crippen LogP contribution in [0.2, 0.25) is 39.3 Å². The Balaban J connectivity index is 3.20. The highest BCUT2D eigenvalue weighted by Crippen LogP contribution is 2.48. The van der Waals surface area contributed by atoms with Crippen molar-refractivity contribution in [2.24, 2.45) is 17.8 Å². The summed E-state index contributed by atoms with van der Waals surface area (Å²) >= 11 is 0. The summed E-state index contributed by atoms with van der Waals surface area (Å²) in [7, 11) is -3.16. The minimum absolute atomic E-state index is 0.330. The fourth-order valence-corrected chi connectivity index (χ4v) is 6.85. The Morgan fingerprint density at radius 2 is 0.833 bits per heavy atom. The lowest BCUT2D eigenvalue weighted by molar-refractivity contribution is 0.0242. The van der Waals surface area contributed by atoms with Crippen LogP contribution in [0.5, 0.6) is 0 Å². The number of hydrogen-bond donors (Lipinski definition) is 0. The van der Waals surface area contributed by atoms with E-state index in [1.165, 1.54) is 38.5 Å². The second-order valence-electron chi connectivity index (χ2n) is 9.75. The molecule has 1 aliphatic carbocycles. The van der Waals surface area contributed by atoms with Crippen molar-refractivity contribution >= 4 is 16.6 Å². The van der Waals surface area contributed by atoms with Gasteiger partial charge in [0.1, 0.15) is 0 Å². The summed E-state index contributed by atoms with van der Waals surface area (Å²) in [6.45, 7) is 21.0. The van der Waals surface area contributed by atoms with E-state index in [0.717, 1.165) is 5.92 Å². The highest BCUT2D eigenvalue weighted by molar-refractivity contribution is 6.70. The van der Waals surface area contributed by atoms with Crippen LogP contribution in [0, 0.1) is 17.8 Å². The second kappa shape index (κ2) is 9.34. The van der Waals surface area contributed by atoms with Gasteiger partial charge in [-0.15, -0.1) is 0 Å². The van der Waals surface area contributed by atoms with Crippen LogP contribution in [0.4, 0.5) is 0 Å². The summed E-state index contributed by atoms with van der Waals surface area (Å²) in [5.74, 6) is 2.18. The van der Waals surface area contributed by atoms with E-state index in [9.17, 15) is 0 Å². The molecule has 1 saturated carbocycles. The van der Waals surface area contributed by atoms with Crippen molar-refractivity contribution in [2.45, 2.75) is 111 Å². The van der Waals surface area contributed by atoms with Crippen LogP contribution >= 0.6 is 0 Å². The van der Waals surface area contributed by atoms with Gasteiger partial charge in [-0.25, -0.2) is 0 Å². The van der Waals surface area contributed by atoms with Gasteiger partial charge in [0.15, 0.2) is 16.6 Å². The van der Waals surface area contributed by atoms with Gasteiger partial charge < -0.3 is 8.85 Å². The van der Waals surface area contributed by atoms with Crippen LogP contribution in [0.3, 0.4) is 0 Å². The van der Waals surface area contributed by atoms with Gasteiger partial charge in [-0.3, -0.25) is 0 Å². The molecule has 0 aromatic heterocycles. The molecule has 0 spiro atoms. The maximum atomic E-state index is 6.81. The molecule has 144 valence electrons. The van der Waals surface area contributed by atoms with Gasteiger partial charge in [0.25, 0.3) is 0 Å². The van der Waals surface area contributed by atoms with E-state index in [0.29, 0.717) is 24.0 Å². The van der Waals surface area contributed by atoms with Gasteiger partial charge in [0.2, 0.25) is 0 Å². The molecular weight excluding hydrogens is 328 g/mol. The summed E-state index contributed by atoms with van der Waals surface area (Å²) in [6.07, 6.45) is 8.39. The Bertz CT molecular complexity index is 328. The zero-order valence-electron chi connectivity index (χ0n) is 17.9. The smallest absolute Gasteiger partial charge is 0.184 e. The summed E-state index contributed by atoms with van der Waals surface area (Å²) in [5.41, 5.74) is 0. The quantitative estimate of drug-likeness (QED) is 0.398. The Morgan fingerprint density at radius 1 is 0.542 bits per heavy atom. The van der Waals surface area contributed by atoms with Crippen LogP contribution in [0.1, 0.15) is 59.3 Å². The van der Waals surface area contributed by atoms with E-state index in [4.69, 9.17) is 8.85 Å². The predicted molar refractivity (Wildman–Crippen MR) is 112 cm³/mol. The summed E-state index contributed by atoms with van der Waals surface area (Å²) < 4.78 is 13.6. The molecule has 4 heteroatoms. The molecule has 0 bridgehead atoms. The maximum Gasteiger partial charge on any atom is 0.184 e. The van der Waals surface area contributed by atoms with E-state index < -0.39 is 16.6 Å². The molecule has 0 aromatic carbocycles. The Hall–Kier alpha value is 0.354. The topological polar surface area (TPSA) is 18.5 Å². The molecule has 1 fully saturated rings. The van der Waals surface area contributed by atoms with Crippen molar-refractivity contribution < 1.29 is 8.85 Å². The molecule has 0 aliphatic heterocycles. The van der Waals surface area contributed by atoms with E-state index in [-0.39, 0.29) is 0 Å². The number of rotatable bonds is 10. The fourth-order valence-electron chi connectivity index (χ4n) is 4.60. The van der Waals surface area contributed by atoms with Crippen molar-refractivity contribution in [3.63, 3.8) is 0 Å². The fraction of sp³-hybridized carbons (Fsp3) is 1.00. The van der Waals surface area contributed by atoms with Gasteiger partial charge >= 0.3 is 0 Å². The first-order valence-corrected chi connectivity index (χ1v) is 17.2. The summed E-state index contributed by atoms with van der Waals surface area (Å²) in [6, 6.07) is 0. The minimum atomic E-state index is -1.58. The highest BCUT2D eigenvalue weighted by atomic mass is 28.4. The van der Waals surface area contributed by atoms with Crippen LogP contribution in [0.25, 0.3) is 0 Å². The van der Waals surface area contributed by atoms with Gasteiger partial charge in [-0.05, 0) is 76.3 Å². The van der Waals surface area contributed by atoms with Crippen molar-refractivity contribution in [3.8, 4) is 0 Å². The molecule has 0 radical (unpaired) electrons. The third-order valence-electron chi connectivity index (χ3n) is 5.11. The first kappa shape index (κ1) is 22.4. The Labute approximate surface area is 154 Å². The third kappa shape index (κ3) is 6.58. The molecule has 0 N–H and O–H groups in total. The molecule has 1 aliphatic rings. The van der Waals surface area contributed by atoms with E-state index in [1.807, 2.05) is 0 Å². The third-order valence-corrected chi connectivity index (χ3v) is 7.07. The number of hydrogen-bond acceptors (Lipinski definition) is 2. The van der Waals surface area contributed by atoms with Crippen LogP contribution in [0.15, 0.2) is 0 Å². The van der Waals surface area contributed by atoms with E-state index in [1.54, 1.807) is 0 Å². The lowest BCUT2D eigenvalue weighted by atomic mass is 9.81. The first-order valence-electron chi connectivity index (χ1n) is 10.4. The van der Waals surface area contributed by atoms with Crippen LogP contribution in [-0.2, 0) is 8.85 Å². The van der Waals surface area contributed by atoms with Crippen molar-refractivity contribution in [1.29, 1.82) is 0 Å². The average Bonchev–Trinajstić information content (AvgIpc) is 2.64. The lowest BCUT2D eigenvalue weighted by Crippen LogP contribution is -2.45. The van der Waals surface area contributed by atoms with Crippen LogP contribution < -0.4 is 0 Å². The van der Waals surface area contributed by atoms with Crippen LogP contribution in [-0.4, -0.2) is 28.8 Å². The van der Waals surface area contributed by atoms with E-state index >= 15 is 0 Å². The molecule has 1 rings (SSSR count). The highest BCUT2D eigenvalue weighted by Gasteiger charge is 2.52. The molecular formula is C20H44O2Si2. The first-order chi connectivity index (χ1) is 11.0. The standard InChI is InChI=1S/C20H44O2Si2/c1-10-13-16-17(14-11-2)19(21-23(4,5)6)20(18(16)15-12-3)22-24(7,8)9/h16-20H,10-15H2,1-9H3. The lowest BCUT2D eigenvalue weighted by Gasteiger charge is -2.36. The van der Waals surface area contributed by atoms with Crippen molar-refractivity contribution in [2.75, 3.05) is 0 Å². The molecule has 24 heavy (non-hydrogen) atoms. The molecule has 0 heterocycles. The van der Waals surface area contributed by atoms with Gasteiger partial charge in [-0.2, -0.15) is 0 Å². The molecule has 0 amide bonds. The zero-order chi connectivity index (χ0) is 18.5.